The van der Waals surface area contributed by atoms with Gasteiger partial charge in [-0.3, -0.25) is 0 Å². The van der Waals surface area contributed by atoms with Crippen LogP contribution in [0.5, 0.6) is 5.75 Å². The zero-order chi connectivity index (χ0) is 24.4. The first-order valence-corrected chi connectivity index (χ1v) is 13.2. The fourth-order valence-electron chi connectivity index (χ4n) is 4.70. The minimum atomic E-state index is -0.294. The number of nitrogens with one attached hydrogen (secondary N) is 2. The molecule has 0 radical (unpaired) electrons. The predicted octanol–water partition coefficient (Wildman–Crippen LogP) is 7.30. The van der Waals surface area contributed by atoms with E-state index < -0.39 is 0 Å². The number of fused-ring (bicyclic) bond motifs is 4. The van der Waals surface area contributed by atoms with Crippen molar-refractivity contribution in [2.45, 2.75) is 45.4 Å². The van der Waals surface area contributed by atoms with Gasteiger partial charge in [0.25, 0.3) is 0 Å². The van der Waals surface area contributed by atoms with E-state index in [1.54, 1.807) is 18.4 Å². The molecule has 182 valence electrons. The lowest BCUT2D eigenvalue weighted by molar-refractivity contribution is 0.0526. The fraction of sp³-hybridized carbons (Fsp3) is 0.333. The number of furan rings is 1. The van der Waals surface area contributed by atoms with Gasteiger partial charge in [0.1, 0.15) is 21.9 Å². The van der Waals surface area contributed by atoms with Gasteiger partial charge in [-0.1, -0.05) is 31.0 Å². The highest BCUT2D eigenvalue weighted by Gasteiger charge is 2.26. The number of esters is 1. The Hall–Kier alpha value is -3.10. The van der Waals surface area contributed by atoms with Crippen LogP contribution in [-0.4, -0.2) is 24.8 Å². The average molecular weight is 509 g/mol. The highest BCUT2D eigenvalue weighted by Crippen LogP contribution is 2.39. The second kappa shape index (κ2) is 10.3. The van der Waals surface area contributed by atoms with Crippen LogP contribution >= 0.6 is 23.6 Å². The Morgan fingerprint density at radius 3 is 2.66 bits per heavy atom. The van der Waals surface area contributed by atoms with Crippen LogP contribution in [0.1, 0.15) is 53.4 Å². The fourth-order valence-corrected chi connectivity index (χ4v) is 6.26. The summed E-state index contributed by atoms with van der Waals surface area (Å²) in [5.41, 5.74) is 3.97. The molecule has 0 fully saturated rings. The summed E-state index contributed by atoms with van der Waals surface area (Å²) in [6.45, 7) is 2.16. The molecule has 0 saturated heterocycles. The molecule has 35 heavy (non-hydrogen) atoms. The highest BCUT2D eigenvalue weighted by molar-refractivity contribution is 7.80. The van der Waals surface area contributed by atoms with E-state index in [0.717, 1.165) is 58.2 Å². The summed E-state index contributed by atoms with van der Waals surface area (Å²) in [6.07, 6.45) is 6.48. The van der Waals surface area contributed by atoms with E-state index in [9.17, 15) is 4.79 Å². The number of benzene rings is 2. The zero-order valence-electron chi connectivity index (χ0n) is 19.9. The van der Waals surface area contributed by atoms with Gasteiger partial charge < -0.3 is 24.5 Å². The number of rotatable bonds is 5. The molecule has 0 unspecified atom stereocenters. The summed E-state index contributed by atoms with van der Waals surface area (Å²) in [5, 5.41) is 9.63. The van der Waals surface area contributed by atoms with E-state index in [4.69, 9.17) is 26.1 Å². The SMILES string of the molecule is CCOC(=O)c1c(NC(=S)Nc2cc3oc4ccccc4c3cc2OC)sc2c1CCCCCC2. The summed E-state index contributed by atoms with van der Waals surface area (Å²) < 4.78 is 17.1. The number of hydrogen-bond donors (Lipinski definition) is 2. The molecule has 1 aliphatic carbocycles. The van der Waals surface area contributed by atoms with Gasteiger partial charge in [0.2, 0.25) is 0 Å². The lowest BCUT2D eigenvalue weighted by Gasteiger charge is -2.14. The number of para-hydroxylation sites is 1. The number of thiocarbonyl (C=S) groups is 1. The molecule has 0 saturated carbocycles. The van der Waals surface area contributed by atoms with E-state index >= 15 is 0 Å². The van der Waals surface area contributed by atoms with Crippen molar-refractivity contribution in [3.63, 3.8) is 0 Å². The molecule has 0 amide bonds. The molecule has 4 aromatic rings. The topological polar surface area (TPSA) is 72.7 Å². The van der Waals surface area contributed by atoms with Crippen LogP contribution < -0.4 is 15.4 Å². The van der Waals surface area contributed by atoms with Crippen molar-refractivity contribution in [2.75, 3.05) is 24.4 Å². The number of methoxy groups -OCH3 is 1. The third kappa shape index (κ3) is 4.73. The van der Waals surface area contributed by atoms with Crippen LogP contribution in [0.4, 0.5) is 10.7 Å². The number of carbonyl (C=O) groups is 1. The van der Waals surface area contributed by atoms with Gasteiger partial charge in [-0.05, 0) is 62.5 Å². The molecular weight excluding hydrogens is 480 g/mol. The molecule has 0 aliphatic heterocycles. The Balaban J connectivity index is 1.45. The van der Waals surface area contributed by atoms with E-state index in [0.29, 0.717) is 28.7 Å². The summed E-state index contributed by atoms with van der Waals surface area (Å²) in [7, 11) is 1.63. The summed E-state index contributed by atoms with van der Waals surface area (Å²) >= 11 is 7.27. The molecule has 5 rings (SSSR count). The van der Waals surface area contributed by atoms with Gasteiger partial charge >= 0.3 is 5.97 Å². The van der Waals surface area contributed by atoms with Gasteiger partial charge in [0, 0.05) is 21.7 Å². The third-order valence-electron chi connectivity index (χ3n) is 6.32. The monoisotopic (exact) mass is 508 g/mol. The molecule has 8 heteroatoms. The molecule has 2 aromatic carbocycles. The van der Waals surface area contributed by atoms with E-state index in [1.807, 2.05) is 43.3 Å². The maximum absolute atomic E-state index is 12.9. The highest BCUT2D eigenvalue weighted by atomic mass is 32.1. The van der Waals surface area contributed by atoms with Crippen molar-refractivity contribution >= 4 is 67.3 Å². The van der Waals surface area contributed by atoms with Crippen molar-refractivity contribution in [2.24, 2.45) is 0 Å². The van der Waals surface area contributed by atoms with Crippen LogP contribution in [-0.2, 0) is 17.6 Å². The van der Waals surface area contributed by atoms with Crippen molar-refractivity contribution in [1.82, 2.24) is 0 Å². The van der Waals surface area contributed by atoms with Gasteiger partial charge in [0.15, 0.2) is 5.11 Å². The minimum absolute atomic E-state index is 0.294. The predicted molar refractivity (Wildman–Crippen MR) is 146 cm³/mol. The summed E-state index contributed by atoms with van der Waals surface area (Å²) in [5.74, 6) is 0.356. The van der Waals surface area contributed by atoms with Crippen molar-refractivity contribution < 1.29 is 18.7 Å². The third-order valence-corrected chi connectivity index (χ3v) is 7.74. The van der Waals surface area contributed by atoms with Gasteiger partial charge in [0.05, 0.1) is 25.0 Å². The quantitative estimate of drug-likeness (QED) is 0.216. The number of aryl methyl sites for hydroxylation is 1. The molecule has 1 aliphatic rings. The first-order valence-electron chi connectivity index (χ1n) is 12.0. The summed E-state index contributed by atoms with van der Waals surface area (Å²) in [4.78, 5) is 14.2. The molecular formula is C27H28N2O4S2. The normalized spacial score (nSPS) is 13.7. The van der Waals surface area contributed by atoms with E-state index in [-0.39, 0.29) is 5.97 Å². The van der Waals surface area contributed by atoms with Gasteiger partial charge in [-0.15, -0.1) is 11.3 Å². The molecule has 2 heterocycles. The van der Waals surface area contributed by atoms with Crippen LogP contribution in [0.2, 0.25) is 0 Å². The lowest BCUT2D eigenvalue weighted by atomic mass is 9.96. The average Bonchev–Trinajstić information content (AvgIpc) is 3.35. The van der Waals surface area contributed by atoms with Crippen LogP contribution in [0, 0.1) is 0 Å². The van der Waals surface area contributed by atoms with Crippen LogP contribution in [0.15, 0.2) is 40.8 Å². The Labute approximate surface area is 213 Å². The molecule has 0 spiro atoms. The molecule has 0 atom stereocenters. The largest absolute Gasteiger partial charge is 0.495 e. The Morgan fingerprint density at radius 1 is 1.06 bits per heavy atom. The number of thiophene rings is 1. The number of ether oxygens (including phenoxy) is 2. The van der Waals surface area contributed by atoms with Crippen molar-refractivity contribution in [3.05, 3.63) is 52.4 Å². The van der Waals surface area contributed by atoms with Crippen LogP contribution in [0.25, 0.3) is 21.9 Å². The second-order valence-corrected chi connectivity index (χ2v) is 10.1. The van der Waals surface area contributed by atoms with Gasteiger partial charge in [-0.2, -0.15) is 0 Å². The maximum Gasteiger partial charge on any atom is 0.341 e. The lowest BCUT2D eigenvalue weighted by Crippen LogP contribution is -2.21. The van der Waals surface area contributed by atoms with Crippen molar-refractivity contribution in [1.29, 1.82) is 0 Å². The Bertz CT molecular complexity index is 1410. The molecule has 0 bridgehead atoms. The minimum Gasteiger partial charge on any atom is -0.495 e. The van der Waals surface area contributed by atoms with Gasteiger partial charge in [-0.25, -0.2) is 4.79 Å². The number of hydrogen-bond acceptors (Lipinski definition) is 6. The number of anilines is 2. The molecule has 2 aromatic heterocycles. The standard InChI is InChI=1S/C27H28N2O4S2/c1-3-32-26(30)24-17-11-6-4-5-7-13-23(17)35-25(24)29-27(34)28-19-15-21-18(14-22(19)31-2)16-10-8-9-12-20(16)33-21/h8-10,12,14-15H,3-7,11,13H2,1-2H3,(H2,28,29,34). The first kappa shape index (κ1) is 23.6. The summed E-state index contributed by atoms with van der Waals surface area (Å²) in [6, 6.07) is 11.8. The molecule has 6 nitrogen and oxygen atoms in total. The Morgan fingerprint density at radius 2 is 1.86 bits per heavy atom. The second-order valence-electron chi connectivity index (χ2n) is 8.57. The van der Waals surface area contributed by atoms with Crippen molar-refractivity contribution in [3.8, 4) is 5.75 Å². The van der Waals surface area contributed by atoms with Crippen LogP contribution in [0.3, 0.4) is 0 Å². The smallest absolute Gasteiger partial charge is 0.341 e. The van der Waals surface area contributed by atoms with E-state index in [1.165, 1.54) is 17.7 Å². The molecule has 2 N–H and O–H groups in total. The van der Waals surface area contributed by atoms with E-state index in [2.05, 4.69) is 10.6 Å². The maximum atomic E-state index is 12.9. The zero-order valence-corrected chi connectivity index (χ0v) is 21.5. The first-order chi connectivity index (χ1) is 17.1. The number of carbonyl (C=O) groups excluding carboxylic acids is 1. The Kier molecular flexibility index (Phi) is 6.92.